The molecule has 2 nitrogen and oxygen atoms in total. The Balaban J connectivity index is 2.13. The van der Waals surface area contributed by atoms with E-state index in [-0.39, 0.29) is 6.10 Å². The minimum atomic E-state index is -1.80. The maximum atomic E-state index is 6.67. The molecule has 0 spiro atoms. The molecule has 0 aliphatic carbocycles. The van der Waals surface area contributed by atoms with E-state index in [0.717, 1.165) is 6.61 Å². The van der Waals surface area contributed by atoms with Gasteiger partial charge in [-0.3, -0.25) is 0 Å². The fourth-order valence-electron chi connectivity index (χ4n) is 4.12. The molecular formula is C18H30O2Si. The average Bonchev–Trinajstić information content (AvgIpc) is 2.82. The number of fused-ring (bicyclic) bond motifs is 1. The van der Waals surface area contributed by atoms with Crippen LogP contribution >= 0.6 is 0 Å². The molecule has 1 heterocycles. The molecule has 2 rings (SSSR count). The molecule has 0 unspecified atom stereocenters. The quantitative estimate of drug-likeness (QED) is 0.651. The molecule has 1 aliphatic heterocycles. The topological polar surface area (TPSA) is 18.5 Å². The van der Waals surface area contributed by atoms with Gasteiger partial charge in [0.05, 0.1) is 13.2 Å². The molecule has 1 aromatic carbocycles. The Morgan fingerprint density at radius 2 is 1.62 bits per heavy atom. The van der Waals surface area contributed by atoms with E-state index in [2.05, 4.69) is 65.8 Å². The Kier molecular flexibility index (Phi) is 5.28. The van der Waals surface area contributed by atoms with Crippen molar-refractivity contribution in [2.75, 3.05) is 6.61 Å². The highest BCUT2D eigenvalue weighted by atomic mass is 28.4. The maximum absolute atomic E-state index is 6.67. The van der Waals surface area contributed by atoms with Crippen LogP contribution in [0.1, 0.15) is 58.8 Å². The maximum Gasteiger partial charge on any atom is 0.200 e. The van der Waals surface area contributed by atoms with Crippen LogP contribution < -0.4 is 0 Å². The van der Waals surface area contributed by atoms with E-state index in [1.165, 1.54) is 11.1 Å². The van der Waals surface area contributed by atoms with Crippen LogP contribution in [0.25, 0.3) is 0 Å². The van der Waals surface area contributed by atoms with Crippen molar-refractivity contribution in [2.45, 2.75) is 70.9 Å². The van der Waals surface area contributed by atoms with E-state index in [4.69, 9.17) is 9.16 Å². The largest absolute Gasteiger partial charge is 0.413 e. The fraction of sp³-hybridized carbons (Fsp3) is 0.667. The second kappa shape index (κ2) is 6.63. The Labute approximate surface area is 131 Å². The summed E-state index contributed by atoms with van der Waals surface area (Å²) >= 11 is 0. The lowest BCUT2D eigenvalue weighted by molar-refractivity contribution is 0.0258. The number of hydrogen-bond donors (Lipinski definition) is 0. The van der Waals surface area contributed by atoms with E-state index in [1.54, 1.807) is 0 Å². The van der Waals surface area contributed by atoms with Crippen LogP contribution in [0.5, 0.6) is 0 Å². The molecule has 3 heteroatoms. The van der Waals surface area contributed by atoms with E-state index in [1.807, 2.05) is 0 Å². The first-order valence-corrected chi connectivity index (χ1v) is 10.4. The van der Waals surface area contributed by atoms with Crippen LogP contribution in [0.4, 0.5) is 0 Å². The van der Waals surface area contributed by atoms with E-state index in [9.17, 15) is 0 Å². The van der Waals surface area contributed by atoms with Crippen LogP contribution in [-0.4, -0.2) is 14.9 Å². The van der Waals surface area contributed by atoms with Gasteiger partial charge in [-0.05, 0) is 27.8 Å². The van der Waals surface area contributed by atoms with Gasteiger partial charge in [0.1, 0.15) is 6.10 Å². The molecule has 0 saturated carbocycles. The van der Waals surface area contributed by atoms with Gasteiger partial charge in [-0.15, -0.1) is 0 Å². The predicted octanol–water partition coefficient (Wildman–Crippen LogP) is 5.45. The molecule has 1 atom stereocenters. The van der Waals surface area contributed by atoms with Crippen molar-refractivity contribution in [1.29, 1.82) is 0 Å². The average molecular weight is 307 g/mol. The Bertz CT molecular complexity index is 446. The molecule has 0 aromatic heterocycles. The molecule has 118 valence electrons. The van der Waals surface area contributed by atoms with Crippen molar-refractivity contribution in [1.82, 2.24) is 0 Å². The summed E-state index contributed by atoms with van der Waals surface area (Å²) in [7, 11) is -1.80. The van der Waals surface area contributed by atoms with E-state index >= 15 is 0 Å². The van der Waals surface area contributed by atoms with Gasteiger partial charge in [0.2, 0.25) is 0 Å². The summed E-state index contributed by atoms with van der Waals surface area (Å²) in [6, 6.07) is 8.52. The van der Waals surface area contributed by atoms with Crippen molar-refractivity contribution in [3.63, 3.8) is 0 Å². The van der Waals surface area contributed by atoms with Crippen molar-refractivity contribution in [3.05, 3.63) is 35.4 Å². The molecular weight excluding hydrogens is 276 g/mol. The summed E-state index contributed by atoms with van der Waals surface area (Å²) in [6.07, 6.45) is 0.115. The van der Waals surface area contributed by atoms with E-state index in [0.29, 0.717) is 23.2 Å². The van der Waals surface area contributed by atoms with Gasteiger partial charge >= 0.3 is 0 Å². The fourth-order valence-corrected chi connectivity index (χ4v) is 9.56. The summed E-state index contributed by atoms with van der Waals surface area (Å²) in [5.74, 6) is 0. The van der Waals surface area contributed by atoms with Crippen molar-refractivity contribution < 1.29 is 9.16 Å². The van der Waals surface area contributed by atoms with Gasteiger partial charge in [0.25, 0.3) is 0 Å². The lowest BCUT2D eigenvalue weighted by Gasteiger charge is -2.42. The molecule has 0 fully saturated rings. The summed E-state index contributed by atoms with van der Waals surface area (Å²) in [5.41, 5.74) is 4.49. The second-order valence-electron chi connectivity index (χ2n) is 7.13. The van der Waals surface area contributed by atoms with Crippen LogP contribution in [0.3, 0.4) is 0 Å². The molecule has 21 heavy (non-hydrogen) atoms. The van der Waals surface area contributed by atoms with Gasteiger partial charge in [0.15, 0.2) is 8.32 Å². The van der Waals surface area contributed by atoms with Gasteiger partial charge in [-0.25, -0.2) is 0 Å². The number of hydrogen-bond acceptors (Lipinski definition) is 2. The molecule has 1 aromatic rings. The zero-order chi connectivity index (χ0) is 15.6. The molecule has 1 aliphatic rings. The normalized spacial score (nSPS) is 18.8. The first-order chi connectivity index (χ1) is 9.89. The lowest BCUT2D eigenvalue weighted by Crippen LogP contribution is -2.48. The predicted molar refractivity (Wildman–Crippen MR) is 91.0 cm³/mol. The lowest BCUT2D eigenvalue weighted by atomic mass is 10.1. The number of benzene rings is 1. The zero-order valence-corrected chi connectivity index (χ0v) is 15.3. The smallest absolute Gasteiger partial charge is 0.200 e. The van der Waals surface area contributed by atoms with Crippen molar-refractivity contribution >= 4 is 8.32 Å². The SMILES string of the molecule is CC(C)[Si](OC[C@H]1OCc2ccccc21)(C(C)C)C(C)C. The third-order valence-corrected chi connectivity index (χ3v) is 11.1. The van der Waals surface area contributed by atoms with E-state index < -0.39 is 8.32 Å². The monoisotopic (exact) mass is 306 g/mol. The Morgan fingerprint density at radius 1 is 1.05 bits per heavy atom. The summed E-state index contributed by atoms with van der Waals surface area (Å²) in [5, 5.41) is 0. The zero-order valence-electron chi connectivity index (χ0n) is 14.3. The first-order valence-electron chi connectivity index (χ1n) is 8.23. The van der Waals surface area contributed by atoms with Gasteiger partial charge in [0, 0.05) is 0 Å². The summed E-state index contributed by atoms with van der Waals surface area (Å²) < 4.78 is 12.6. The van der Waals surface area contributed by atoms with Crippen molar-refractivity contribution in [3.8, 4) is 0 Å². The highest BCUT2D eigenvalue weighted by Crippen LogP contribution is 2.43. The van der Waals surface area contributed by atoms with Gasteiger partial charge < -0.3 is 9.16 Å². The highest BCUT2D eigenvalue weighted by molar-refractivity contribution is 6.77. The molecule has 0 saturated heterocycles. The minimum Gasteiger partial charge on any atom is -0.413 e. The van der Waals surface area contributed by atoms with Crippen LogP contribution in [0.15, 0.2) is 24.3 Å². The number of ether oxygens (including phenoxy) is 1. The Hall–Kier alpha value is -0.643. The molecule has 0 radical (unpaired) electrons. The number of rotatable bonds is 6. The third kappa shape index (κ3) is 3.10. The van der Waals surface area contributed by atoms with Crippen LogP contribution in [-0.2, 0) is 15.8 Å². The standard InChI is InChI=1S/C18H30O2Si/c1-13(2)21(14(3)4,15(5)6)20-12-18-17-10-8-7-9-16(17)11-19-18/h7-10,13-15,18H,11-12H2,1-6H3/t18-/m1/s1. The summed E-state index contributed by atoms with van der Waals surface area (Å²) in [4.78, 5) is 0. The first kappa shape index (κ1) is 16.7. The van der Waals surface area contributed by atoms with Crippen LogP contribution in [0.2, 0.25) is 16.6 Å². The van der Waals surface area contributed by atoms with Gasteiger partial charge in [-0.1, -0.05) is 65.8 Å². The summed E-state index contributed by atoms with van der Waals surface area (Å²) in [6.45, 7) is 15.4. The minimum absolute atomic E-state index is 0.115. The van der Waals surface area contributed by atoms with Crippen molar-refractivity contribution in [2.24, 2.45) is 0 Å². The molecule has 0 bridgehead atoms. The molecule has 0 amide bonds. The Morgan fingerprint density at radius 3 is 2.19 bits per heavy atom. The third-order valence-electron chi connectivity index (χ3n) is 5.03. The molecule has 0 N–H and O–H groups in total. The van der Waals surface area contributed by atoms with Crippen LogP contribution in [0, 0.1) is 0 Å². The second-order valence-corrected chi connectivity index (χ2v) is 12.6. The highest BCUT2D eigenvalue weighted by Gasteiger charge is 2.45. The van der Waals surface area contributed by atoms with Gasteiger partial charge in [-0.2, -0.15) is 0 Å².